The molecule has 0 spiro atoms. The molecule has 1 aromatic carbocycles. The lowest BCUT2D eigenvalue weighted by molar-refractivity contribution is -0.142. The predicted molar refractivity (Wildman–Crippen MR) is 76.6 cm³/mol. The molecule has 1 aromatic heterocycles. The highest BCUT2D eigenvalue weighted by atomic mass is 16.5. The summed E-state index contributed by atoms with van der Waals surface area (Å²) in [6.07, 6.45) is 1.51. The van der Waals surface area contributed by atoms with Crippen LogP contribution in [0.3, 0.4) is 0 Å². The molecule has 3 rings (SSSR count). The fourth-order valence-electron chi connectivity index (χ4n) is 2.60. The number of para-hydroxylation sites is 1. The predicted octanol–water partition coefficient (Wildman–Crippen LogP) is 1.08. The number of aliphatic carboxylic acids is 1. The van der Waals surface area contributed by atoms with Gasteiger partial charge in [0.25, 0.3) is 5.91 Å². The van der Waals surface area contributed by atoms with E-state index in [1.807, 2.05) is 0 Å². The second-order valence-electron chi connectivity index (χ2n) is 4.97. The van der Waals surface area contributed by atoms with Crippen molar-refractivity contribution in [2.75, 3.05) is 13.2 Å². The lowest BCUT2D eigenvalue weighted by Crippen LogP contribution is -2.40. The molecule has 1 aliphatic rings. The molecule has 1 N–H and O–H groups in total. The summed E-state index contributed by atoms with van der Waals surface area (Å²) < 4.78 is 7.01. The van der Waals surface area contributed by atoms with E-state index in [4.69, 9.17) is 4.74 Å². The number of amides is 1. The number of benzene rings is 1. The Morgan fingerprint density at radius 2 is 2.09 bits per heavy atom. The van der Waals surface area contributed by atoms with Gasteiger partial charge in [-0.3, -0.25) is 9.48 Å². The maximum Gasteiger partial charge on any atom is 0.331 e. The number of carbonyl (C=O) groups is 2. The average molecular weight is 301 g/mol. The third-order valence-electron chi connectivity index (χ3n) is 3.65. The molecule has 2 heterocycles. The molecule has 7 nitrogen and oxygen atoms in total. The van der Waals surface area contributed by atoms with E-state index in [-0.39, 0.29) is 19.1 Å². The molecular formula is C15H15N3O4. The van der Waals surface area contributed by atoms with Crippen molar-refractivity contribution < 1.29 is 19.4 Å². The molecule has 7 heteroatoms. The first-order valence-corrected chi connectivity index (χ1v) is 6.83. The first-order chi connectivity index (χ1) is 10.6. The third-order valence-corrected chi connectivity index (χ3v) is 3.65. The molecule has 0 aliphatic carbocycles. The van der Waals surface area contributed by atoms with Gasteiger partial charge in [-0.25, -0.2) is 4.79 Å². The van der Waals surface area contributed by atoms with E-state index < -0.39 is 12.0 Å². The van der Waals surface area contributed by atoms with Crippen molar-refractivity contribution in [3.05, 3.63) is 47.8 Å². The number of hydrogen-bond acceptors (Lipinski definition) is 4. The van der Waals surface area contributed by atoms with Crippen LogP contribution in [0.15, 0.2) is 36.5 Å². The van der Waals surface area contributed by atoms with Crippen LogP contribution in [0.25, 0.3) is 0 Å². The maximum absolute atomic E-state index is 12.7. The van der Waals surface area contributed by atoms with E-state index in [0.29, 0.717) is 17.0 Å². The maximum atomic E-state index is 12.7. The van der Waals surface area contributed by atoms with Crippen LogP contribution in [0.4, 0.5) is 0 Å². The fraction of sp³-hybridized carbons (Fsp3) is 0.267. The Morgan fingerprint density at radius 3 is 2.77 bits per heavy atom. The zero-order valence-electron chi connectivity index (χ0n) is 12.0. The number of carboxylic acid groups (broad SMARTS) is 1. The first-order valence-electron chi connectivity index (χ1n) is 6.83. The van der Waals surface area contributed by atoms with Crippen molar-refractivity contribution in [3.63, 3.8) is 0 Å². The molecule has 114 valence electrons. The van der Waals surface area contributed by atoms with Crippen LogP contribution in [0.2, 0.25) is 0 Å². The van der Waals surface area contributed by atoms with Gasteiger partial charge in [0, 0.05) is 18.8 Å². The molecule has 1 amide bonds. The molecule has 0 saturated heterocycles. The largest absolute Gasteiger partial charge is 0.491 e. The number of nitrogens with zero attached hydrogens (tertiary/aromatic N) is 3. The second kappa shape index (κ2) is 5.51. The van der Waals surface area contributed by atoms with Crippen LogP contribution in [-0.2, 0) is 11.8 Å². The fourth-order valence-corrected chi connectivity index (χ4v) is 2.60. The number of hydrogen-bond donors (Lipinski definition) is 1. The molecule has 0 bridgehead atoms. The highest BCUT2D eigenvalue weighted by molar-refractivity contribution is 5.95. The molecule has 22 heavy (non-hydrogen) atoms. The number of carbonyl (C=O) groups excluding carboxylic acids is 1. The monoisotopic (exact) mass is 301 g/mol. The van der Waals surface area contributed by atoms with Crippen LogP contribution < -0.4 is 4.74 Å². The van der Waals surface area contributed by atoms with Gasteiger partial charge in [-0.2, -0.15) is 5.10 Å². The van der Waals surface area contributed by atoms with Crippen molar-refractivity contribution >= 4 is 11.9 Å². The second-order valence-corrected chi connectivity index (χ2v) is 4.97. The van der Waals surface area contributed by atoms with Crippen LogP contribution in [0.1, 0.15) is 22.1 Å². The molecule has 2 aromatic rings. The Kier molecular flexibility index (Phi) is 3.54. The number of rotatable bonds is 2. The SMILES string of the molecule is Cn1nccc1C(=O)N1CCOc2ccccc2C1C(=O)O. The van der Waals surface area contributed by atoms with Crippen molar-refractivity contribution in [3.8, 4) is 5.75 Å². The number of aryl methyl sites for hydroxylation is 1. The Bertz CT molecular complexity index is 725. The Hall–Kier alpha value is -2.83. The van der Waals surface area contributed by atoms with Gasteiger partial charge in [0.15, 0.2) is 6.04 Å². The van der Waals surface area contributed by atoms with E-state index in [1.54, 1.807) is 37.4 Å². The first kappa shape index (κ1) is 14.1. The van der Waals surface area contributed by atoms with E-state index >= 15 is 0 Å². The van der Waals surface area contributed by atoms with Gasteiger partial charge in [-0.1, -0.05) is 18.2 Å². The van der Waals surface area contributed by atoms with Gasteiger partial charge in [-0.15, -0.1) is 0 Å². The van der Waals surface area contributed by atoms with Gasteiger partial charge in [0.1, 0.15) is 18.1 Å². The zero-order valence-corrected chi connectivity index (χ0v) is 12.0. The van der Waals surface area contributed by atoms with E-state index in [2.05, 4.69) is 5.10 Å². The Balaban J connectivity index is 2.05. The number of carboxylic acids is 1. The molecule has 1 atom stereocenters. The van der Waals surface area contributed by atoms with Crippen LogP contribution in [-0.4, -0.2) is 44.8 Å². The quantitative estimate of drug-likeness (QED) is 0.897. The molecule has 1 unspecified atom stereocenters. The lowest BCUT2D eigenvalue weighted by atomic mass is 10.0. The van der Waals surface area contributed by atoms with Crippen LogP contribution >= 0.6 is 0 Å². The number of aromatic nitrogens is 2. The van der Waals surface area contributed by atoms with E-state index in [1.165, 1.54) is 15.8 Å². The molecule has 0 fully saturated rings. The summed E-state index contributed by atoms with van der Waals surface area (Å²) in [5, 5.41) is 13.6. The van der Waals surface area contributed by atoms with Gasteiger partial charge in [0.2, 0.25) is 0 Å². The standard InChI is InChI=1S/C15H15N3O4/c1-17-11(6-7-16-17)14(19)18-8-9-22-12-5-3-2-4-10(12)13(18)15(20)21/h2-7,13H,8-9H2,1H3,(H,20,21). The van der Waals surface area contributed by atoms with E-state index in [0.717, 1.165) is 0 Å². The minimum absolute atomic E-state index is 0.190. The van der Waals surface area contributed by atoms with Gasteiger partial charge in [0.05, 0.1) is 6.54 Å². The summed E-state index contributed by atoms with van der Waals surface area (Å²) in [6.45, 7) is 0.431. The van der Waals surface area contributed by atoms with Gasteiger partial charge >= 0.3 is 5.97 Å². The summed E-state index contributed by atoms with van der Waals surface area (Å²) in [4.78, 5) is 25.8. The van der Waals surface area contributed by atoms with Gasteiger partial charge in [-0.05, 0) is 12.1 Å². The summed E-state index contributed by atoms with van der Waals surface area (Å²) in [7, 11) is 1.64. The smallest absolute Gasteiger partial charge is 0.331 e. The van der Waals surface area contributed by atoms with Crippen LogP contribution in [0, 0.1) is 0 Å². The Morgan fingerprint density at radius 1 is 1.32 bits per heavy atom. The van der Waals surface area contributed by atoms with Crippen LogP contribution in [0.5, 0.6) is 5.75 Å². The lowest BCUT2D eigenvalue weighted by Gasteiger charge is -2.26. The molecule has 1 aliphatic heterocycles. The third kappa shape index (κ3) is 2.30. The molecule has 0 radical (unpaired) electrons. The zero-order chi connectivity index (χ0) is 15.7. The number of fused-ring (bicyclic) bond motifs is 1. The average Bonchev–Trinajstić information content (AvgIpc) is 2.82. The summed E-state index contributed by atoms with van der Waals surface area (Å²) in [5.74, 6) is -0.976. The van der Waals surface area contributed by atoms with Crippen molar-refractivity contribution in [2.24, 2.45) is 7.05 Å². The topological polar surface area (TPSA) is 84.7 Å². The minimum Gasteiger partial charge on any atom is -0.491 e. The highest BCUT2D eigenvalue weighted by Crippen LogP contribution is 2.32. The van der Waals surface area contributed by atoms with Crippen molar-refractivity contribution in [1.82, 2.24) is 14.7 Å². The van der Waals surface area contributed by atoms with Crippen molar-refractivity contribution in [2.45, 2.75) is 6.04 Å². The number of ether oxygens (including phenoxy) is 1. The Labute approximate surface area is 126 Å². The minimum atomic E-state index is -1.09. The summed E-state index contributed by atoms with van der Waals surface area (Å²) in [5.41, 5.74) is 0.814. The van der Waals surface area contributed by atoms with E-state index in [9.17, 15) is 14.7 Å². The summed E-state index contributed by atoms with van der Waals surface area (Å²) >= 11 is 0. The summed E-state index contributed by atoms with van der Waals surface area (Å²) in [6, 6.07) is 7.37. The van der Waals surface area contributed by atoms with Gasteiger partial charge < -0.3 is 14.7 Å². The molecule has 0 saturated carbocycles. The molecular weight excluding hydrogens is 286 g/mol. The highest BCUT2D eigenvalue weighted by Gasteiger charge is 2.36. The normalized spacial score (nSPS) is 17.3. The van der Waals surface area contributed by atoms with Crippen molar-refractivity contribution in [1.29, 1.82) is 0 Å².